The van der Waals surface area contributed by atoms with Crippen LogP contribution in [0.25, 0.3) is 0 Å². The van der Waals surface area contributed by atoms with Crippen LogP contribution in [-0.2, 0) is 4.79 Å². The summed E-state index contributed by atoms with van der Waals surface area (Å²) in [6.45, 7) is 8.37. The van der Waals surface area contributed by atoms with Gasteiger partial charge in [-0.25, -0.2) is 0 Å². The fourth-order valence-electron chi connectivity index (χ4n) is 3.10. The maximum Gasteiger partial charge on any atom is 0.310 e. The minimum absolute atomic E-state index is 0.621. The fraction of sp³-hybridized carbons (Fsp3) is 0.588. The Morgan fingerprint density at radius 1 is 1.19 bits per heavy atom. The SMILES string of the molecule is CCCC(C)(CN1CCN(c2ccccc2)CC1)C(=O)O. The van der Waals surface area contributed by atoms with Crippen molar-refractivity contribution in [1.82, 2.24) is 4.90 Å². The number of rotatable bonds is 6. The molecule has 1 atom stereocenters. The number of nitrogens with zero attached hydrogens (tertiary/aromatic N) is 2. The highest BCUT2D eigenvalue weighted by Crippen LogP contribution is 2.26. The summed E-state index contributed by atoms with van der Waals surface area (Å²) in [5.41, 5.74) is 0.635. The highest BCUT2D eigenvalue weighted by molar-refractivity contribution is 5.74. The summed E-state index contributed by atoms with van der Waals surface area (Å²) in [5, 5.41) is 9.49. The fourth-order valence-corrected chi connectivity index (χ4v) is 3.10. The zero-order valence-electron chi connectivity index (χ0n) is 13.1. The van der Waals surface area contributed by atoms with Gasteiger partial charge in [0.1, 0.15) is 0 Å². The Bertz CT molecular complexity index is 455. The molecule has 0 radical (unpaired) electrons. The third kappa shape index (κ3) is 3.97. The molecule has 1 aromatic rings. The second-order valence-electron chi connectivity index (χ2n) is 6.21. The molecule has 1 aliphatic rings. The zero-order valence-corrected chi connectivity index (χ0v) is 13.1. The molecule has 0 bridgehead atoms. The van der Waals surface area contributed by atoms with Gasteiger partial charge in [0.15, 0.2) is 0 Å². The van der Waals surface area contributed by atoms with Crippen molar-refractivity contribution >= 4 is 11.7 Å². The molecule has 116 valence electrons. The quantitative estimate of drug-likeness (QED) is 0.875. The van der Waals surface area contributed by atoms with Crippen LogP contribution < -0.4 is 4.90 Å². The molecule has 1 saturated heterocycles. The van der Waals surface area contributed by atoms with Crippen molar-refractivity contribution < 1.29 is 9.90 Å². The number of hydrogen-bond acceptors (Lipinski definition) is 3. The molecule has 2 rings (SSSR count). The number of aliphatic carboxylic acids is 1. The first-order chi connectivity index (χ1) is 10.0. The van der Waals surface area contributed by atoms with Crippen molar-refractivity contribution in [3.05, 3.63) is 30.3 Å². The van der Waals surface area contributed by atoms with Crippen molar-refractivity contribution in [3.63, 3.8) is 0 Å². The lowest BCUT2D eigenvalue weighted by atomic mass is 9.85. The summed E-state index contributed by atoms with van der Waals surface area (Å²) in [5.74, 6) is -0.671. The third-order valence-electron chi connectivity index (χ3n) is 4.38. The van der Waals surface area contributed by atoms with Crippen LogP contribution in [0.2, 0.25) is 0 Å². The summed E-state index contributed by atoms with van der Waals surface area (Å²) in [4.78, 5) is 16.2. The van der Waals surface area contributed by atoms with E-state index in [2.05, 4.69) is 41.0 Å². The van der Waals surface area contributed by atoms with E-state index >= 15 is 0 Å². The van der Waals surface area contributed by atoms with Crippen molar-refractivity contribution in [2.75, 3.05) is 37.6 Å². The molecule has 21 heavy (non-hydrogen) atoms. The van der Waals surface area contributed by atoms with E-state index in [1.54, 1.807) is 0 Å². The number of para-hydroxylation sites is 1. The lowest BCUT2D eigenvalue weighted by Crippen LogP contribution is -2.51. The van der Waals surface area contributed by atoms with E-state index in [-0.39, 0.29) is 0 Å². The van der Waals surface area contributed by atoms with Gasteiger partial charge in [0.25, 0.3) is 0 Å². The summed E-state index contributed by atoms with van der Waals surface area (Å²) >= 11 is 0. The normalized spacial score (nSPS) is 19.2. The first-order valence-electron chi connectivity index (χ1n) is 7.81. The summed E-state index contributed by atoms with van der Waals surface area (Å²) in [6, 6.07) is 10.4. The van der Waals surface area contributed by atoms with Gasteiger partial charge in [0, 0.05) is 38.4 Å². The number of carboxylic acid groups (broad SMARTS) is 1. The molecule has 1 aromatic carbocycles. The lowest BCUT2D eigenvalue weighted by molar-refractivity contribution is -0.149. The molecule has 4 nitrogen and oxygen atoms in total. The van der Waals surface area contributed by atoms with Crippen molar-refractivity contribution in [1.29, 1.82) is 0 Å². The molecule has 1 heterocycles. The summed E-state index contributed by atoms with van der Waals surface area (Å²) < 4.78 is 0. The predicted molar refractivity (Wildman–Crippen MR) is 85.7 cm³/mol. The van der Waals surface area contributed by atoms with Gasteiger partial charge in [-0.1, -0.05) is 31.5 Å². The predicted octanol–water partition coefficient (Wildman–Crippen LogP) is 2.70. The van der Waals surface area contributed by atoms with Gasteiger partial charge in [0.05, 0.1) is 5.41 Å². The van der Waals surface area contributed by atoms with Crippen LogP contribution in [0.4, 0.5) is 5.69 Å². The largest absolute Gasteiger partial charge is 0.481 e. The van der Waals surface area contributed by atoms with Crippen molar-refractivity contribution in [2.24, 2.45) is 5.41 Å². The molecule has 1 N–H and O–H groups in total. The Labute approximate surface area is 127 Å². The minimum atomic E-state index is -0.671. The number of piperazine rings is 1. The first-order valence-corrected chi connectivity index (χ1v) is 7.81. The average Bonchev–Trinajstić information content (AvgIpc) is 2.49. The summed E-state index contributed by atoms with van der Waals surface area (Å²) in [7, 11) is 0. The van der Waals surface area contributed by atoms with Crippen LogP contribution in [-0.4, -0.2) is 48.7 Å². The monoisotopic (exact) mass is 290 g/mol. The van der Waals surface area contributed by atoms with Gasteiger partial charge in [-0.3, -0.25) is 9.69 Å². The van der Waals surface area contributed by atoms with Crippen LogP contribution in [0.3, 0.4) is 0 Å². The number of carbonyl (C=O) groups is 1. The smallest absolute Gasteiger partial charge is 0.310 e. The Morgan fingerprint density at radius 2 is 1.81 bits per heavy atom. The molecule has 1 fully saturated rings. The third-order valence-corrected chi connectivity index (χ3v) is 4.38. The molecular weight excluding hydrogens is 264 g/mol. The second-order valence-corrected chi connectivity index (χ2v) is 6.21. The molecule has 1 unspecified atom stereocenters. The van der Waals surface area contributed by atoms with E-state index in [1.807, 2.05) is 13.0 Å². The Kier molecular flexibility index (Phi) is 5.23. The van der Waals surface area contributed by atoms with Gasteiger partial charge in [-0.05, 0) is 25.5 Å². The number of anilines is 1. The molecule has 0 saturated carbocycles. The molecule has 0 spiro atoms. The lowest BCUT2D eigenvalue weighted by Gasteiger charge is -2.39. The standard InChI is InChI=1S/C17H26N2O2/c1-3-9-17(2,16(20)21)14-18-10-12-19(13-11-18)15-7-5-4-6-8-15/h4-8H,3,9-14H2,1-2H3,(H,20,21). The molecule has 0 aliphatic carbocycles. The van der Waals surface area contributed by atoms with Crippen LogP contribution in [0.1, 0.15) is 26.7 Å². The maximum absolute atomic E-state index is 11.5. The van der Waals surface area contributed by atoms with E-state index in [0.717, 1.165) is 39.0 Å². The second kappa shape index (κ2) is 6.94. The highest BCUT2D eigenvalue weighted by atomic mass is 16.4. The van der Waals surface area contributed by atoms with E-state index in [0.29, 0.717) is 6.54 Å². The van der Waals surface area contributed by atoms with E-state index in [9.17, 15) is 9.90 Å². The van der Waals surface area contributed by atoms with Crippen molar-refractivity contribution in [3.8, 4) is 0 Å². The first kappa shape index (κ1) is 15.8. The highest BCUT2D eigenvalue weighted by Gasteiger charge is 2.35. The topological polar surface area (TPSA) is 43.8 Å². The van der Waals surface area contributed by atoms with Gasteiger partial charge in [-0.2, -0.15) is 0 Å². The van der Waals surface area contributed by atoms with Crippen LogP contribution in [0, 0.1) is 5.41 Å². The molecule has 0 aromatic heterocycles. The van der Waals surface area contributed by atoms with Gasteiger partial charge in [-0.15, -0.1) is 0 Å². The Morgan fingerprint density at radius 3 is 2.33 bits per heavy atom. The number of hydrogen-bond donors (Lipinski definition) is 1. The minimum Gasteiger partial charge on any atom is -0.481 e. The Balaban J connectivity index is 1.90. The van der Waals surface area contributed by atoms with Gasteiger partial charge < -0.3 is 10.0 Å². The molecule has 4 heteroatoms. The Hall–Kier alpha value is -1.55. The number of benzene rings is 1. The summed E-state index contributed by atoms with van der Waals surface area (Å²) in [6.07, 6.45) is 1.65. The van der Waals surface area contributed by atoms with Crippen LogP contribution in [0.5, 0.6) is 0 Å². The van der Waals surface area contributed by atoms with Crippen LogP contribution in [0.15, 0.2) is 30.3 Å². The molecular formula is C17H26N2O2. The van der Waals surface area contributed by atoms with Crippen molar-refractivity contribution in [2.45, 2.75) is 26.7 Å². The van der Waals surface area contributed by atoms with E-state index in [4.69, 9.17) is 0 Å². The maximum atomic E-state index is 11.5. The number of carboxylic acids is 1. The van der Waals surface area contributed by atoms with E-state index < -0.39 is 11.4 Å². The van der Waals surface area contributed by atoms with Gasteiger partial charge in [0.2, 0.25) is 0 Å². The van der Waals surface area contributed by atoms with E-state index in [1.165, 1.54) is 5.69 Å². The molecule has 0 amide bonds. The van der Waals surface area contributed by atoms with Crippen LogP contribution >= 0.6 is 0 Å². The van der Waals surface area contributed by atoms with Gasteiger partial charge >= 0.3 is 5.97 Å². The average molecular weight is 290 g/mol. The zero-order chi connectivity index (χ0) is 15.3. The molecule has 1 aliphatic heterocycles.